The highest BCUT2D eigenvalue weighted by atomic mass is 16.5. The first-order valence-corrected chi connectivity index (χ1v) is 12.8. The lowest BCUT2D eigenvalue weighted by molar-refractivity contribution is -0.178. The number of aromatic nitrogens is 1. The van der Waals surface area contributed by atoms with E-state index >= 15 is 0 Å². The first-order chi connectivity index (χ1) is 16.3. The molecule has 1 unspecified atom stereocenters. The maximum absolute atomic E-state index is 10.8. The normalized spacial score (nSPS) is 50.1. The summed E-state index contributed by atoms with van der Waals surface area (Å²) in [6, 6.07) is 9.05. The highest BCUT2D eigenvalue weighted by Gasteiger charge is 2.78. The molecule has 2 spiro atoms. The monoisotopic (exact) mass is 457 g/mol. The molecule has 1 saturated heterocycles. The topological polar surface area (TPSA) is 82.8 Å². The zero-order chi connectivity index (χ0) is 23.1. The second-order valence-electron chi connectivity index (χ2n) is 12.2. The third-order valence-corrected chi connectivity index (χ3v) is 11.1. The van der Waals surface area contributed by atoms with Gasteiger partial charge >= 0.3 is 0 Å². The van der Waals surface area contributed by atoms with Crippen molar-refractivity contribution < 1.29 is 20.1 Å². The number of pyridine rings is 1. The van der Waals surface area contributed by atoms with E-state index in [0.29, 0.717) is 18.3 Å². The Morgan fingerprint density at radius 2 is 1.94 bits per heavy atom. The highest BCUT2D eigenvalue weighted by molar-refractivity contribution is 5.82. The van der Waals surface area contributed by atoms with Crippen LogP contribution in [0.2, 0.25) is 0 Å². The number of rotatable bonds is 1. The van der Waals surface area contributed by atoms with E-state index in [1.807, 2.05) is 12.4 Å². The van der Waals surface area contributed by atoms with Gasteiger partial charge in [-0.2, -0.15) is 0 Å². The Hall–Kier alpha value is -2.05. The molecule has 34 heavy (non-hydrogen) atoms. The zero-order valence-corrected chi connectivity index (χ0v) is 19.4. The average Bonchev–Trinajstić information content (AvgIpc) is 3.42. The first-order valence-electron chi connectivity index (χ1n) is 12.8. The van der Waals surface area contributed by atoms with Gasteiger partial charge < -0.3 is 20.1 Å². The maximum atomic E-state index is 10.8. The average molecular weight is 458 g/mol. The molecule has 4 aliphatic carbocycles. The molecule has 4 fully saturated rings. The minimum atomic E-state index is -1.15. The molecule has 2 aromatic rings. The molecule has 0 radical (unpaired) electrons. The maximum Gasteiger partial charge on any atom is 0.110 e. The van der Waals surface area contributed by atoms with E-state index in [9.17, 15) is 15.3 Å². The Bertz CT molecular complexity index is 1320. The van der Waals surface area contributed by atoms with Crippen LogP contribution in [-0.2, 0) is 10.2 Å². The van der Waals surface area contributed by atoms with E-state index in [-0.39, 0.29) is 16.4 Å². The minimum absolute atomic E-state index is 0.0966. The summed E-state index contributed by atoms with van der Waals surface area (Å²) in [4.78, 5) is 4.36. The van der Waals surface area contributed by atoms with Crippen LogP contribution in [0.25, 0.3) is 10.8 Å². The second kappa shape index (κ2) is 6.01. The third-order valence-electron chi connectivity index (χ3n) is 11.1. The van der Waals surface area contributed by atoms with E-state index in [2.05, 4.69) is 48.3 Å². The van der Waals surface area contributed by atoms with Gasteiger partial charge in [0.05, 0.1) is 17.3 Å². The molecule has 3 heterocycles. The number of hydrogen-bond donors (Lipinski definition) is 3. The lowest BCUT2D eigenvalue weighted by Crippen LogP contribution is -2.60. The number of fused-ring (bicyclic) bond motifs is 4. The molecule has 6 aliphatic rings. The molecule has 3 saturated carbocycles. The molecule has 0 amide bonds. The predicted octanol–water partition coefficient (Wildman–Crippen LogP) is 3.56. The van der Waals surface area contributed by atoms with Crippen LogP contribution in [0, 0.1) is 17.3 Å². The Morgan fingerprint density at radius 3 is 2.82 bits per heavy atom. The summed E-state index contributed by atoms with van der Waals surface area (Å²) < 4.78 is 7.09. The van der Waals surface area contributed by atoms with Crippen molar-refractivity contribution in [3.63, 3.8) is 0 Å². The van der Waals surface area contributed by atoms with Crippen molar-refractivity contribution in [1.82, 2.24) is 4.98 Å². The van der Waals surface area contributed by atoms with Gasteiger partial charge in [0.25, 0.3) is 0 Å². The van der Waals surface area contributed by atoms with E-state index in [4.69, 9.17) is 4.74 Å². The van der Waals surface area contributed by atoms with Gasteiger partial charge in [-0.05, 0) is 83.6 Å². The van der Waals surface area contributed by atoms with Crippen molar-refractivity contribution in [1.29, 1.82) is 0 Å². The molecule has 1 aromatic carbocycles. The van der Waals surface area contributed by atoms with Crippen LogP contribution in [0.4, 0.5) is 0 Å². The zero-order valence-electron chi connectivity index (χ0n) is 19.4. The van der Waals surface area contributed by atoms with Crippen LogP contribution in [0.3, 0.4) is 0 Å². The SMILES string of the molecule is C[C@]12CC=C3C=C4[C@H](O)[C@@H](O)[C@@H](O)C[C@]45CCC3(O5)[C@@H]1C[C@H]1C[C@]12c1ccc2ccncc2c1. The fourth-order valence-corrected chi connectivity index (χ4v) is 9.38. The lowest BCUT2D eigenvalue weighted by atomic mass is 9.55. The third kappa shape index (κ3) is 2.08. The van der Waals surface area contributed by atoms with Gasteiger partial charge in [0, 0.05) is 29.6 Å². The summed E-state index contributed by atoms with van der Waals surface area (Å²) in [5.74, 6) is 1.07. The van der Waals surface area contributed by atoms with Crippen LogP contribution in [0.15, 0.2) is 60.0 Å². The van der Waals surface area contributed by atoms with Gasteiger partial charge in [-0.1, -0.05) is 31.2 Å². The molecule has 5 nitrogen and oxygen atoms in total. The van der Waals surface area contributed by atoms with Gasteiger partial charge in [-0.25, -0.2) is 0 Å². The standard InChI is InChI=1S/C29H31NO4/c1-26-6-4-19-11-21-24(32)25(33)22(31)14-27(21)7-8-29(19,34-27)23(26)12-20-13-28(20,26)18-3-2-16-5-9-30-15-17(16)10-18/h2-5,9-11,15,20,22-25,31-33H,6-8,12-14H2,1H3/t20-,22-,23+,24-,25-,26-,27+,28-,29?/m0/s1. The van der Waals surface area contributed by atoms with E-state index in [1.165, 1.54) is 28.3 Å². The fourth-order valence-electron chi connectivity index (χ4n) is 9.38. The first kappa shape index (κ1) is 20.2. The Labute approximate surface area is 199 Å². The molecule has 2 bridgehead atoms. The molecule has 5 heteroatoms. The number of aliphatic hydroxyl groups excluding tert-OH is 3. The molecular weight excluding hydrogens is 426 g/mol. The molecule has 176 valence electrons. The van der Waals surface area contributed by atoms with Crippen molar-refractivity contribution in [2.75, 3.05) is 0 Å². The summed E-state index contributed by atoms with van der Waals surface area (Å²) in [6.45, 7) is 2.49. The van der Waals surface area contributed by atoms with Crippen molar-refractivity contribution in [3.05, 3.63) is 65.5 Å². The summed E-state index contributed by atoms with van der Waals surface area (Å²) in [5, 5.41) is 34.1. The van der Waals surface area contributed by atoms with Crippen LogP contribution in [0.1, 0.15) is 51.0 Å². The summed E-state index contributed by atoms with van der Waals surface area (Å²) >= 11 is 0. The van der Waals surface area contributed by atoms with Crippen molar-refractivity contribution in [2.45, 2.75) is 80.4 Å². The Balaban J connectivity index is 1.25. The summed E-state index contributed by atoms with van der Waals surface area (Å²) in [7, 11) is 0. The van der Waals surface area contributed by atoms with Crippen molar-refractivity contribution in [2.24, 2.45) is 17.3 Å². The molecule has 9 atom stereocenters. The minimum Gasteiger partial charge on any atom is -0.390 e. The smallest absolute Gasteiger partial charge is 0.110 e. The number of hydrogen-bond acceptors (Lipinski definition) is 5. The molecular formula is C29H31NO4. The number of aliphatic hydroxyl groups is 3. The van der Waals surface area contributed by atoms with E-state index in [0.717, 1.165) is 31.3 Å². The van der Waals surface area contributed by atoms with Gasteiger partial charge in [-0.15, -0.1) is 0 Å². The largest absolute Gasteiger partial charge is 0.390 e. The summed E-state index contributed by atoms with van der Waals surface area (Å²) in [5.41, 5.74) is 2.68. The number of benzene rings is 1. The number of ether oxygens (including phenoxy) is 1. The lowest BCUT2D eigenvalue weighted by Gasteiger charge is -2.56. The molecule has 1 aromatic heterocycles. The second-order valence-corrected chi connectivity index (χ2v) is 12.2. The molecule has 2 aliphatic heterocycles. The van der Waals surface area contributed by atoms with Crippen LogP contribution < -0.4 is 0 Å². The Kier molecular flexibility index (Phi) is 3.57. The number of nitrogens with zero attached hydrogens (tertiary/aromatic N) is 1. The summed E-state index contributed by atoms with van der Waals surface area (Å²) in [6.07, 6.45) is 10.6. The van der Waals surface area contributed by atoms with Gasteiger partial charge in [0.1, 0.15) is 12.2 Å². The van der Waals surface area contributed by atoms with Crippen LogP contribution in [-0.4, -0.2) is 49.8 Å². The number of allylic oxidation sites excluding steroid dienone is 1. The Morgan fingerprint density at radius 1 is 1.06 bits per heavy atom. The fraction of sp³-hybridized carbons (Fsp3) is 0.552. The van der Waals surface area contributed by atoms with Crippen molar-refractivity contribution in [3.8, 4) is 0 Å². The molecule has 3 N–H and O–H groups in total. The van der Waals surface area contributed by atoms with Crippen LogP contribution in [0.5, 0.6) is 0 Å². The van der Waals surface area contributed by atoms with Gasteiger partial charge in [0.15, 0.2) is 0 Å². The van der Waals surface area contributed by atoms with Crippen LogP contribution >= 0.6 is 0 Å². The molecule has 8 rings (SSSR count). The van der Waals surface area contributed by atoms with Gasteiger partial charge in [0.2, 0.25) is 0 Å². The quantitative estimate of drug-likeness (QED) is 0.610. The van der Waals surface area contributed by atoms with Crippen molar-refractivity contribution >= 4 is 10.8 Å². The van der Waals surface area contributed by atoms with E-state index < -0.39 is 23.9 Å². The van der Waals surface area contributed by atoms with Gasteiger partial charge in [-0.3, -0.25) is 4.98 Å². The van der Waals surface area contributed by atoms with E-state index in [1.54, 1.807) is 0 Å². The highest BCUT2D eigenvalue weighted by Crippen LogP contribution is 2.80. The predicted molar refractivity (Wildman–Crippen MR) is 127 cm³/mol.